The molecule has 0 heterocycles. The van der Waals surface area contributed by atoms with Gasteiger partial charge in [-0.25, -0.2) is 0 Å². The van der Waals surface area contributed by atoms with Crippen molar-refractivity contribution in [2.45, 2.75) is 39.0 Å². The molecule has 0 bridgehead atoms. The zero-order valence-corrected chi connectivity index (χ0v) is 9.25. The number of hydrogen-bond donors (Lipinski definition) is 3. The number of thiocarbonyl (C=S) groups is 1. The molecule has 14 heavy (non-hydrogen) atoms. The van der Waals surface area contributed by atoms with E-state index in [2.05, 4.69) is 23.1 Å². The van der Waals surface area contributed by atoms with Crippen LogP contribution in [-0.2, 0) is 4.79 Å². The van der Waals surface area contributed by atoms with Crippen molar-refractivity contribution >= 4 is 23.2 Å². The molecule has 1 saturated carbocycles. The molecule has 0 spiro atoms. The average Bonchev–Trinajstić information content (AvgIpc) is 2.63. The summed E-state index contributed by atoms with van der Waals surface area (Å²) in [6, 6.07) is 0. The molecule has 1 aliphatic rings. The van der Waals surface area contributed by atoms with Gasteiger partial charge < -0.3 is 5.73 Å². The van der Waals surface area contributed by atoms with Gasteiger partial charge in [-0.3, -0.25) is 15.6 Å². The molecule has 0 atom stereocenters. The fraction of sp³-hybridized carbons (Fsp3) is 0.778. The molecular formula is C9H17N3OS. The second-order valence-corrected chi connectivity index (χ2v) is 4.22. The second kappa shape index (κ2) is 4.59. The Morgan fingerprint density at radius 2 is 2.00 bits per heavy atom. The molecule has 80 valence electrons. The molecule has 4 N–H and O–H groups in total. The first kappa shape index (κ1) is 11.2. The first-order valence-electron chi connectivity index (χ1n) is 4.96. The molecule has 1 amide bonds. The van der Waals surface area contributed by atoms with Crippen LogP contribution in [0.25, 0.3) is 0 Å². The number of nitrogens with two attached hydrogens (primary N) is 1. The number of carbonyl (C=O) groups excluding carboxylic acids is 1. The first-order valence-corrected chi connectivity index (χ1v) is 5.37. The number of amides is 1. The van der Waals surface area contributed by atoms with Crippen molar-refractivity contribution in [2.75, 3.05) is 0 Å². The number of hydrogen-bond acceptors (Lipinski definition) is 2. The zero-order chi connectivity index (χ0) is 10.6. The third-order valence-electron chi connectivity index (χ3n) is 3.02. The average molecular weight is 215 g/mol. The van der Waals surface area contributed by atoms with Gasteiger partial charge in [0.05, 0.1) is 5.41 Å². The predicted molar refractivity (Wildman–Crippen MR) is 59.3 cm³/mol. The van der Waals surface area contributed by atoms with Gasteiger partial charge in [0.1, 0.15) is 0 Å². The van der Waals surface area contributed by atoms with Crippen LogP contribution in [0.15, 0.2) is 0 Å². The topological polar surface area (TPSA) is 67.2 Å². The summed E-state index contributed by atoms with van der Waals surface area (Å²) in [4.78, 5) is 11.8. The summed E-state index contributed by atoms with van der Waals surface area (Å²) in [7, 11) is 0. The molecule has 1 fully saturated rings. The molecular weight excluding hydrogens is 198 g/mol. The van der Waals surface area contributed by atoms with Gasteiger partial charge in [-0.1, -0.05) is 19.8 Å². The van der Waals surface area contributed by atoms with Crippen LogP contribution in [0.2, 0.25) is 0 Å². The minimum atomic E-state index is -0.197. The highest BCUT2D eigenvalue weighted by molar-refractivity contribution is 7.80. The molecule has 0 radical (unpaired) electrons. The summed E-state index contributed by atoms with van der Waals surface area (Å²) in [6.45, 7) is 2.05. The minimum absolute atomic E-state index is 0.0188. The second-order valence-electron chi connectivity index (χ2n) is 3.78. The Balaban J connectivity index is 2.52. The lowest BCUT2D eigenvalue weighted by Gasteiger charge is -2.25. The van der Waals surface area contributed by atoms with Crippen molar-refractivity contribution in [2.24, 2.45) is 11.1 Å². The van der Waals surface area contributed by atoms with Gasteiger partial charge in [-0.15, -0.1) is 0 Å². The van der Waals surface area contributed by atoms with Crippen molar-refractivity contribution < 1.29 is 4.79 Å². The Labute approximate surface area is 89.6 Å². The van der Waals surface area contributed by atoms with E-state index in [9.17, 15) is 4.79 Å². The van der Waals surface area contributed by atoms with Crippen LogP contribution >= 0.6 is 12.2 Å². The highest BCUT2D eigenvalue weighted by atomic mass is 32.1. The van der Waals surface area contributed by atoms with Crippen LogP contribution < -0.4 is 16.6 Å². The van der Waals surface area contributed by atoms with E-state index in [1.807, 2.05) is 6.92 Å². The molecule has 0 aromatic carbocycles. The van der Waals surface area contributed by atoms with Gasteiger partial charge >= 0.3 is 0 Å². The molecule has 0 aromatic rings. The summed E-state index contributed by atoms with van der Waals surface area (Å²) in [5, 5.41) is 0.0996. The highest BCUT2D eigenvalue weighted by Gasteiger charge is 2.39. The maximum Gasteiger partial charge on any atom is 0.244 e. The Kier molecular flexibility index (Phi) is 3.69. The monoisotopic (exact) mass is 215 g/mol. The number of rotatable bonds is 2. The lowest BCUT2D eigenvalue weighted by atomic mass is 9.83. The van der Waals surface area contributed by atoms with Crippen molar-refractivity contribution in [3.63, 3.8) is 0 Å². The highest BCUT2D eigenvalue weighted by Crippen LogP contribution is 2.40. The summed E-state index contributed by atoms with van der Waals surface area (Å²) < 4.78 is 0. The molecule has 0 saturated heterocycles. The third kappa shape index (κ3) is 2.35. The van der Waals surface area contributed by atoms with E-state index in [-0.39, 0.29) is 16.4 Å². The fourth-order valence-corrected chi connectivity index (χ4v) is 2.09. The number of hydrazine groups is 1. The molecule has 0 aliphatic heterocycles. The Morgan fingerprint density at radius 1 is 1.43 bits per heavy atom. The van der Waals surface area contributed by atoms with Crippen LogP contribution in [-0.4, -0.2) is 11.0 Å². The first-order chi connectivity index (χ1) is 6.60. The normalized spacial score (nSPS) is 18.9. The Hall–Kier alpha value is -0.840. The van der Waals surface area contributed by atoms with E-state index in [0.717, 1.165) is 32.1 Å². The number of nitrogens with one attached hydrogen (secondary N) is 2. The summed E-state index contributed by atoms with van der Waals surface area (Å²) >= 11 is 4.61. The Bertz CT molecular complexity index is 236. The fourth-order valence-electron chi connectivity index (χ4n) is 2.04. The van der Waals surface area contributed by atoms with Crippen molar-refractivity contribution in [1.82, 2.24) is 10.9 Å². The van der Waals surface area contributed by atoms with Gasteiger partial charge in [0.25, 0.3) is 0 Å². The van der Waals surface area contributed by atoms with Crippen molar-refractivity contribution in [3.8, 4) is 0 Å². The van der Waals surface area contributed by atoms with Gasteiger partial charge in [0.15, 0.2) is 5.11 Å². The van der Waals surface area contributed by atoms with E-state index in [1.54, 1.807) is 0 Å². The maximum atomic E-state index is 11.8. The number of carbonyl (C=O) groups is 1. The van der Waals surface area contributed by atoms with Gasteiger partial charge in [-0.2, -0.15) is 0 Å². The van der Waals surface area contributed by atoms with Crippen LogP contribution in [0.4, 0.5) is 0 Å². The minimum Gasteiger partial charge on any atom is -0.375 e. The third-order valence-corrected chi connectivity index (χ3v) is 3.12. The lowest BCUT2D eigenvalue weighted by molar-refractivity contribution is -0.131. The van der Waals surface area contributed by atoms with Crippen molar-refractivity contribution in [1.29, 1.82) is 0 Å². The summed E-state index contributed by atoms with van der Waals surface area (Å²) in [6.07, 6.45) is 5.07. The summed E-state index contributed by atoms with van der Waals surface area (Å²) in [5.74, 6) is 0.0188. The van der Waals surface area contributed by atoms with Crippen LogP contribution in [0, 0.1) is 5.41 Å². The largest absolute Gasteiger partial charge is 0.375 e. The SMILES string of the molecule is CCC1(C(=O)NNC(N)=S)CCCC1. The maximum absolute atomic E-state index is 11.8. The predicted octanol–water partition coefficient (Wildman–Crippen LogP) is 0.821. The molecule has 1 aliphatic carbocycles. The van der Waals surface area contributed by atoms with Crippen molar-refractivity contribution in [3.05, 3.63) is 0 Å². The molecule has 5 heteroatoms. The van der Waals surface area contributed by atoms with E-state index in [0.29, 0.717) is 0 Å². The molecule has 4 nitrogen and oxygen atoms in total. The van der Waals surface area contributed by atoms with Gasteiger partial charge in [-0.05, 0) is 31.5 Å². The smallest absolute Gasteiger partial charge is 0.244 e. The Morgan fingerprint density at radius 3 is 2.43 bits per heavy atom. The van der Waals surface area contributed by atoms with Gasteiger partial charge in [0.2, 0.25) is 5.91 Å². The van der Waals surface area contributed by atoms with Gasteiger partial charge in [0, 0.05) is 0 Å². The van der Waals surface area contributed by atoms with Crippen LogP contribution in [0.5, 0.6) is 0 Å². The van der Waals surface area contributed by atoms with E-state index >= 15 is 0 Å². The van der Waals surface area contributed by atoms with E-state index in [1.165, 1.54) is 0 Å². The summed E-state index contributed by atoms with van der Waals surface area (Å²) in [5.41, 5.74) is 10.1. The molecule has 0 unspecified atom stereocenters. The van der Waals surface area contributed by atoms with E-state index in [4.69, 9.17) is 5.73 Å². The standard InChI is InChI=1S/C9H17N3OS/c1-2-9(5-3-4-6-9)7(13)11-12-8(10)14/h2-6H2,1H3,(H,11,13)(H3,10,12,14). The van der Waals surface area contributed by atoms with Crippen LogP contribution in [0.3, 0.4) is 0 Å². The molecule has 1 rings (SSSR count). The molecule has 0 aromatic heterocycles. The quantitative estimate of drug-likeness (QED) is 0.471. The van der Waals surface area contributed by atoms with E-state index < -0.39 is 0 Å². The van der Waals surface area contributed by atoms with Crippen LogP contribution in [0.1, 0.15) is 39.0 Å². The lowest BCUT2D eigenvalue weighted by Crippen LogP contribution is -2.50. The zero-order valence-electron chi connectivity index (χ0n) is 8.43.